The molecule has 0 radical (unpaired) electrons. The number of hydrogen-bond donors (Lipinski definition) is 1. The maximum absolute atomic E-state index is 11.5. The predicted molar refractivity (Wildman–Crippen MR) is 75.1 cm³/mol. The quantitative estimate of drug-likeness (QED) is 0.894. The molecule has 3 nitrogen and oxygen atoms in total. The number of sulfone groups is 1. The molecule has 1 aromatic carbocycles. The molecular weight excluding hydrogens is 246 g/mol. The molecule has 0 saturated carbocycles. The summed E-state index contributed by atoms with van der Waals surface area (Å²) < 4.78 is 23.0. The van der Waals surface area contributed by atoms with Crippen molar-refractivity contribution in [1.29, 1.82) is 0 Å². The first-order valence-electron chi connectivity index (χ1n) is 6.27. The minimum Gasteiger partial charge on any atom is -0.324 e. The molecule has 0 saturated heterocycles. The fourth-order valence-electron chi connectivity index (χ4n) is 2.17. The van der Waals surface area contributed by atoms with E-state index in [1.165, 1.54) is 6.26 Å². The van der Waals surface area contributed by atoms with Crippen molar-refractivity contribution in [3.63, 3.8) is 0 Å². The van der Waals surface area contributed by atoms with E-state index in [-0.39, 0.29) is 6.04 Å². The Labute approximate surface area is 110 Å². The lowest BCUT2D eigenvalue weighted by atomic mass is 9.88. The number of benzene rings is 1. The van der Waals surface area contributed by atoms with E-state index in [2.05, 4.69) is 20.8 Å². The first kappa shape index (κ1) is 15.2. The van der Waals surface area contributed by atoms with Gasteiger partial charge in [-0.3, -0.25) is 0 Å². The Kier molecular flexibility index (Phi) is 4.93. The van der Waals surface area contributed by atoms with Crippen LogP contribution in [-0.4, -0.2) is 14.7 Å². The summed E-state index contributed by atoms with van der Waals surface area (Å²) >= 11 is 0. The molecule has 18 heavy (non-hydrogen) atoms. The van der Waals surface area contributed by atoms with Crippen molar-refractivity contribution in [1.82, 2.24) is 0 Å². The zero-order chi connectivity index (χ0) is 13.9. The third-order valence-corrected chi connectivity index (χ3v) is 4.24. The van der Waals surface area contributed by atoms with Crippen molar-refractivity contribution in [2.45, 2.75) is 38.1 Å². The van der Waals surface area contributed by atoms with Crippen LogP contribution in [0.1, 0.15) is 38.8 Å². The molecule has 0 heterocycles. The van der Waals surface area contributed by atoms with Crippen LogP contribution in [0.3, 0.4) is 0 Å². The second kappa shape index (κ2) is 5.85. The highest BCUT2D eigenvalue weighted by Crippen LogP contribution is 2.26. The molecule has 2 N–H and O–H groups in total. The summed E-state index contributed by atoms with van der Waals surface area (Å²) in [5, 5.41) is 0. The van der Waals surface area contributed by atoms with Gasteiger partial charge in [0.25, 0.3) is 0 Å². The lowest BCUT2D eigenvalue weighted by Gasteiger charge is -2.22. The average Bonchev–Trinajstić information content (AvgIpc) is 2.26. The number of rotatable bonds is 5. The Morgan fingerprint density at radius 2 is 1.83 bits per heavy atom. The zero-order valence-electron chi connectivity index (χ0n) is 11.6. The highest BCUT2D eigenvalue weighted by Gasteiger charge is 2.17. The van der Waals surface area contributed by atoms with Gasteiger partial charge in [0.05, 0.1) is 4.90 Å². The molecule has 2 atom stereocenters. The van der Waals surface area contributed by atoms with Crippen LogP contribution in [0.2, 0.25) is 0 Å². The van der Waals surface area contributed by atoms with Crippen LogP contribution < -0.4 is 5.73 Å². The van der Waals surface area contributed by atoms with Gasteiger partial charge in [-0.05, 0) is 36.0 Å². The minimum absolute atomic E-state index is 0.117. The maximum Gasteiger partial charge on any atom is 0.175 e. The van der Waals surface area contributed by atoms with Crippen molar-refractivity contribution >= 4 is 9.84 Å². The largest absolute Gasteiger partial charge is 0.324 e. The predicted octanol–water partition coefficient (Wildman–Crippen LogP) is 2.77. The Morgan fingerprint density at radius 3 is 2.33 bits per heavy atom. The van der Waals surface area contributed by atoms with Gasteiger partial charge >= 0.3 is 0 Å². The van der Waals surface area contributed by atoms with Gasteiger partial charge in [-0.1, -0.05) is 32.9 Å². The van der Waals surface area contributed by atoms with Gasteiger partial charge in [-0.2, -0.15) is 0 Å². The fourth-order valence-corrected chi connectivity index (χ4v) is 2.85. The Morgan fingerprint density at radius 1 is 1.22 bits per heavy atom. The van der Waals surface area contributed by atoms with Crippen LogP contribution in [0, 0.1) is 11.8 Å². The lowest BCUT2D eigenvalue weighted by molar-refractivity contribution is 0.378. The molecule has 0 aromatic heterocycles. The maximum atomic E-state index is 11.5. The fraction of sp³-hybridized carbons (Fsp3) is 0.571. The van der Waals surface area contributed by atoms with Crippen molar-refractivity contribution in [2.75, 3.05) is 6.26 Å². The van der Waals surface area contributed by atoms with Crippen molar-refractivity contribution < 1.29 is 8.42 Å². The SMILES string of the molecule is CC(C)CC(C)C(N)c1cccc(S(C)(=O)=O)c1. The summed E-state index contributed by atoms with van der Waals surface area (Å²) in [5.74, 6) is 0.920. The minimum atomic E-state index is -3.16. The summed E-state index contributed by atoms with van der Waals surface area (Å²) in [6.45, 7) is 6.43. The van der Waals surface area contributed by atoms with E-state index in [0.717, 1.165) is 12.0 Å². The Balaban J connectivity index is 2.97. The van der Waals surface area contributed by atoms with E-state index >= 15 is 0 Å². The van der Waals surface area contributed by atoms with Crippen LogP contribution >= 0.6 is 0 Å². The van der Waals surface area contributed by atoms with E-state index in [1.54, 1.807) is 18.2 Å². The van der Waals surface area contributed by atoms with Crippen LogP contribution in [0.25, 0.3) is 0 Å². The van der Waals surface area contributed by atoms with E-state index in [0.29, 0.717) is 16.7 Å². The van der Waals surface area contributed by atoms with Gasteiger partial charge in [-0.25, -0.2) is 8.42 Å². The average molecular weight is 269 g/mol. The van der Waals surface area contributed by atoms with Gasteiger partial charge in [0.1, 0.15) is 0 Å². The van der Waals surface area contributed by atoms with Gasteiger partial charge in [0, 0.05) is 12.3 Å². The first-order chi connectivity index (χ1) is 8.21. The van der Waals surface area contributed by atoms with E-state index < -0.39 is 9.84 Å². The van der Waals surface area contributed by atoms with E-state index in [1.807, 2.05) is 6.07 Å². The standard InChI is InChI=1S/C14H23NO2S/c1-10(2)8-11(3)14(15)12-6-5-7-13(9-12)18(4,16)17/h5-7,9-11,14H,8,15H2,1-4H3. The van der Waals surface area contributed by atoms with Crippen LogP contribution in [0.5, 0.6) is 0 Å². The molecule has 0 aliphatic heterocycles. The third-order valence-electron chi connectivity index (χ3n) is 3.13. The first-order valence-corrected chi connectivity index (χ1v) is 8.16. The molecule has 1 aromatic rings. The van der Waals surface area contributed by atoms with Gasteiger partial charge < -0.3 is 5.73 Å². The number of hydrogen-bond acceptors (Lipinski definition) is 3. The molecule has 0 aliphatic carbocycles. The van der Waals surface area contributed by atoms with Gasteiger partial charge in [0.2, 0.25) is 0 Å². The van der Waals surface area contributed by atoms with Gasteiger partial charge in [-0.15, -0.1) is 0 Å². The number of nitrogens with two attached hydrogens (primary N) is 1. The topological polar surface area (TPSA) is 60.2 Å². The molecular formula is C14H23NO2S. The highest BCUT2D eigenvalue weighted by atomic mass is 32.2. The summed E-state index contributed by atoms with van der Waals surface area (Å²) in [6, 6.07) is 6.84. The summed E-state index contributed by atoms with van der Waals surface area (Å²) in [7, 11) is -3.16. The Hall–Kier alpha value is -0.870. The molecule has 0 spiro atoms. The van der Waals surface area contributed by atoms with Crippen LogP contribution in [-0.2, 0) is 9.84 Å². The van der Waals surface area contributed by atoms with E-state index in [9.17, 15) is 8.42 Å². The second-order valence-corrected chi connectivity index (χ2v) is 7.49. The zero-order valence-corrected chi connectivity index (χ0v) is 12.4. The molecule has 2 unspecified atom stereocenters. The Bertz CT molecular complexity index is 494. The second-order valence-electron chi connectivity index (χ2n) is 5.48. The van der Waals surface area contributed by atoms with E-state index in [4.69, 9.17) is 5.73 Å². The normalized spacial score (nSPS) is 15.7. The molecule has 0 amide bonds. The molecule has 4 heteroatoms. The summed E-state index contributed by atoms with van der Waals surface area (Å²) in [5.41, 5.74) is 7.10. The molecule has 0 bridgehead atoms. The summed E-state index contributed by atoms with van der Waals surface area (Å²) in [4.78, 5) is 0.340. The lowest BCUT2D eigenvalue weighted by Crippen LogP contribution is -2.20. The van der Waals surface area contributed by atoms with Crippen LogP contribution in [0.4, 0.5) is 0 Å². The molecule has 102 valence electrons. The van der Waals surface area contributed by atoms with Crippen molar-refractivity contribution in [2.24, 2.45) is 17.6 Å². The molecule has 1 rings (SSSR count). The van der Waals surface area contributed by atoms with Crippen molar-refractivity contribution in [3.05, 3.63) is 29.8 Å². The molecule has 0 fully saturated rings. The van der Waals surface area contributed by atoms with Crippen molar-refractivity contribution in [3.8, 4) is 0 Å². The highest BCUT2D eigenvalue weighted by molar-refractivity contribution is 7.90. The molecule has 0 aliphatic rings. The van der Waals surface area contributed by atoms with Gasteiger partial charge in [0.15, 0.2) is 9.84 Å². The summed E-state index contributed by atoms with van der Waals surface area (Å²) in [6.07, 6.45) is 2.25. The smallest absolute Gasteiger partial charge is 0.175 e. The monoisotopic (exact) mass is 269 g/mol. The van der Waals surface area contributed by atoms with Crippen LogP contribution in [0.15, 0.2) is 29.2 Å². The third kappa shape index (κ3) is 4.10.